The Bertz CT molecular complexity index is 582. The first-order valence-corrected chi connectivity index (χ1v) is 7.81. The van der Waals surface area contributed by atoms with Crippen molar-refractivity contribution in [3.8, 4) is 0 Å². The van der Waals surface area contributed by atoms with Crippen molar-refractivity contribution in [3.05, 3.63) is 35.6 Å². The van der Waals surface area contributed by atoms with Gasteiger partial charge in [0.2, 0.25) is 5.91 Å². The number of hydrogen-bond donors (Lipinski definition) is 2. The van der Waals surface area contributed by atoms with Crippen molar-refractivity contribution in [1.82, 2.24) is 4.90 Å². The number of aryl methyl sites for hydroxylation is 1. The Morgan fingerprint density at radius 1 is 1.35 bits per heavy atom. The highest BCUT2D eigenvalue weighted by atomic mass is 19.1. The Morgan fingerprint density at radius 2 is 2.00 bits per heavy atom. The predicted octanol–water partition coefficient (Wildman–Crippen LogP) is 1.83. The van der Waals surface area contributed by atoms with Gasteiger partial charge in [-0.05, 0) is 30.5 Å². The third-order valence-electron chi connectivity index (χ3n) is 4.48. The molecule has 1 aromatic carbocycles. The van der Waals surface area contributed by atoms with Crippen LogP contribution >= 0.6 is 0 Å². The average Bonchev–Trinajstić information content (AvgIpc) is 2.52. The van der Waals surface area contributed by atoms with Gasteiger partial charge >= 0.3 is 5.97 Å². The summed E-state index contributed by atoms with van der Waals surface area (Å²) in [5.74, 6) is -1.79. The lowest BCUT2D eigenvalue weighted by Crippen LogP contribution is -2.51. The maximum Gasteiger partial charge on any atom is 0.335 e. The van der Waals surface area contributed by atoms with Crippen LogP contribution in [-0.2, 0) is 16.0 Å². The van der Waals surface area contributed by atoms with Crippen LogP contribution in [0.1, 0.15) is 31.7 Å². The Balaban J connectivity index is 1.85. The third-order valence-corrected chi connectivity index (χ3v) is 4.48. The van der Waals surface area contributed by atoms with Crippen molar-refractivity contribution >= 4 is 11.9 Å². The number of aliphatic hydroxyl groups is 1. The van der Waals surface area contributed by atoms with E-state index in [1.54, 1.807) is 11.0 Å². The summed E-state index contributed by atoms with van der Waals surface area (Å²) >= 11 is 0. The first-order valence-electron chi connectivity index (χ1n) is 7.81. The van der Waals surface area contributed by atoms with E-state index in [2.05, 4.69) is 0 Å². The van der Waals surface area contributed by atoms with E-state index in [0.717, 1.165) is 5.56 Å². The molecule has 1 aromatic rings. The molecular weight excluding hydrogens is 301 g/mol. The predicted molar refractivity (Wildman–Crippen MR) is 82.3 cm³/mol. The zero-order valence-electron chi connectivity index (χ0n) is 13.2. The number of benzene rings is 1. The molecule has 6 heteroatoms. The molecule has 1 aliphatic heterocycles. The normalized spacial score (nSPS) is 18.5. The summed E-state index contributed by atoms with van der Waals surface area (Å²) in [5.41, 5.74) is -0.870. The fraction of sp³-hybridized carbons (Fsp3) is 0.529. The fourth-order valence-corrected chi connectivity index (χ4v) is 2.82. The van der Waals surface area contributed by atoms with Crippen molar-refractivity contribution in [3.63, 3.8) is 0 Å². The van der Waals surface area contributed by atoms with Gasteiger partial charge in [0.15, 0.2) is 5.60 Å². The van der Waals surface area contributed by atoms with E-state index in [-0.39, 0.29) is 43.6 Å². The number of aliphatic carboxylic acids is 1. The van der Waals surface area contributed by atoms with Crippen LogP contribution in [0.25, 0.3) is 0 Å². The molecule has 5 nitrogen and oxygen atoms in total. The van der Waals surface area contributed by atoms with Gasteiger partial charge in [0, 0.05) is 31.8 Å². The van der Waals surface area contributed by atoms with Gasteiger partial charge in [0.05, 0.1) is 0 Å². The zero-order chi connectivity index (χ0) is 17.0. The number of carbonyl (C=O) groups is 2. The second-order valence-electron chi connectivity index (χ2n) is 6.23. The maximum atomic E-state index is 13.1. The van der Waals surface area contributed by atoms with E-state index < -0.39 is 11.6 Å². The summed E-state index contributed by atoms with van der Waals surface area (Å²) in [6.07, 6.45) is 1.30. The van der Waals surface area contributed by atoms with Crippen LogP contribution in [0.3, 0.4) is 0 Å². The van der Waals surface area contributed by atoms with Crippen LogP contribution < -0.4 is 0 Å². The van der Waals surface area contributed by atoms with Crippen molar-refractivity contribution in [2.75, 3.05) is 13.1 Å². The maximum absolute atomic E-state index is 13.1. The van der Waals surface area contributed by atoms with Crippen LogP contribution in [0.2, 0.25) is 0 Å². The number of carbonyl (C=O) groups excluding carboxylic acids is 1. The van der Waals surface area contributed by atoms with Gasteiger partial charge in [0.1, 0.15) is 5.82 Å². The zero-order valence-corrected chi connectivity index (χ0v) is 13.2. The quantitative estimate of drug-likeness (QED) is 0.866. The number of carboxylic acid groups (broad SMARTS) is 1. The van der Waals surface area contributed by atoms with Gasteiger partial charge in [-0.15, -0.1) is 0 Å². The topological polar surface area (TPSA) is 77.8 Å². The molecule has 1 atom stereocenters. The second-order valence-corrected chi connectivity index (χ2v) is 6.23. The van der Waals surface area contributed by atoms with Crippen LogP contribution in [-0.4, -0.2) is 45.7 Å². The number of carboxylic acids is 1. The number of halogens is 1. The van der Waals surface area contributed by atoms with Gasteiger partial charge in [-0.2, -0.15) is 0 Å². The van der Waals surface area contributed by atoms with E-state index >= 15 is 0 Å². The number of amides is 1. The molecular formula is C17H22FNO4. The number of rotatable bonds is 5. The summed E-state index contributed by atoms with van der Waals surface area (Å²) in [6.45, 7) is 2.30. The molecule has 1 amide bonds. The Hall–Kier alpha value is -1.95. The molecule has 0 bridgehead atoms. The summed E-state index contributed by atoms with van der Waals surface area (Å²) in [6, 6.07) is 6.32. The highest BCUT2D eigenvalue weighted by Gasteiger charge is 2.40. The molecule has 0 aromatic heterocycles. The summed E-state index contributed by atoms with van der Waals surface area (Å²) < 4.78 is 13.1. The number of piperidine rings is 1. The van der Waals surface area contributed by atoms with Gasteiger partial charge in [-0.3, -0.25) is 4.79 Å². The standard InChI is InChI=1S/C17H22FNO4/c1-12(5-6-13-3-2-4-14(18)11-13)15(20)19-9-7-17(23,8-10-19)16(21)22/h2-4,11-12,23H,5-10H2,1H3,(H,21,22). The van der Waals surface area contributed by atoms with Crippen LogP contribution in [0.5, 0.6) is 0 Å². The molecule has 0 saturated carbocycles. The lowest BCUT2D eigenvalue weighted by atomic mass is 9.90. The minimum absolute atomic E-state index is 0.0463. The number of likely N-dealkylation sites (tertiary alicyclic amines) is 1. The van der Waals surface area contributed by atoms with E-state index in [1.165, 1.54) is 12.1 Å². The van der Waals surface area contributed by atoms with Crippen molar-refractivity contribution in [2.24, 2.45) is 5.92 Å². The van der Waals surface area contributed by atoms with Crippen molar-refractivity contribution < 1.29 is 24.2 Å². The lowest BCUT2D eigenvalue weighted by Gasteiger charge is -2.36. The van der Waals surface area contributed by atoms with Crippen LogP contribution in [0.4, 0.5) is 4.39 Å². The molecule has 1 unspecified atom stereocenters. The monoisotopic (exact) mass is 323 g/mol. The first kappa shape index (κ1) is 17.4. The lowest BCUT2D eigenvalue weighted by molar-refractivity contribution is -0.165. The summed E-state index contributed by atoms with van der Waals surface area (Å²) in [5, 5.41) is 18.9. The van der Waals surface area contributed by atoms with Gasteiger partial charge < -0.3 is 15.1 Å². The molecule has 1 saturated heterocycles. The fourth-order valence-electron chi connectivity index (χ4n) is 2.82. The Morgan fingerprint density at radius 3 is 2.57 bits per heavy atom. The van der Waals surface area contributed by atoms with Gasteiger partial charge in [-0.25, -0.2) is 9.18 Å². The van der Waals surface area contributed by atoms with Crippen LogP contribution in [0, 0.1) is 11.7 Å². The van der Waals surface area contributed by atoms with Crippen molar-refractivity contribution in [1.29, 1.82) is 0 Å². The molecule has 1 fully saturated rings. The number of nitrogens with zero attached hydrogens (tertiary/aromatic N) is 1. The first-order chi connectivity index (χ1) is 10.8. The van der Waals surface area contributed by atoms with Gasteiger partial charge in [-0.1, -0.05) is 19.1 Å². The molecule has 2 N–H and O–H groups in total. The van der Waals surface area contributed by atoms with Crippen LogP contribution in [0.15, 0.2) is 24.3 Å². The minimum atomic E-state index is -1.72. The smallest absolute Gasteiger partial charge is 0.335 e. The molecule has 0 aliphatic carbocycles. The molecule has 1 aliphatic rings. The largest absolute Gasteiger partial charge is 0.479 e. The Labute approximate surface area is 134 Å². The molecule has 0 spiro atoms. The summed E-state index contributed by atoms with van der Waals surface area (Å²) in [4.78, 5) is 25.0. The van der Waals surface area contributed by atoms with E-state index in [4.69, 9.17) is 5.11 Å². The number of hydrogen-bond acceptors (Lipinski definition) is 3. The molecule has 0 radical (unpaired) electrons. The highest BCUT2D eigenvalue weighted by molar-refractivity contribution is 5.80. The third kappa shape index (κ3) is 4.28. The van der Waals surface area contributed by atoms with E-state index in [0.29, 0.717) is 12.8 Å². The van der Waals surface area contributed by atoms with Gasteiger partial charge in [0.25, 0.3) is 0 Å². The molecule has 1 heterocycles. The van der Waals surface area contributed by atoms with Crippen molar-refractivity contribution in [2.45, 2.75) is 38.2 Å². The molecule has 2 rings (SSSR count). The average molecular weight is 323 g/mol. The molecule has 23 heavy (non-hydrogen) atoms. The van der Waals surface area contributed by atoms with E-state index in [9.17, 15) is 19.1 Å². The SMILES string of the molecule is CC(CCc1cccc(F)c1)C(=O)N1CCC(O)(C(=O)O)CC1. The molecule has 126 valence electrons. The Kier molecular flexibility index (Phi) is 5.36. The minimum Gasteiger partial charge on any atom is -0.479 e. The highest BCUT2D eigenvalue weighted by Crippen LogP contribution is 2.24. The summed E-state index contributed by atoms with van der Waals surface area (Å²) in [7, 11) is 0. The van der Waals surface area contributed by atoms with E-state index in [1.807, 2.05) is 13.0 Å². The second kappa shape index (κ2) is 7.08.